The van der Waals surface area contributed by atoms with E-state index in [-0.39, 0.29) is 0 Å². The van der Waals surface area contributed by atoms with Crippen LogP contribution in [0, 0.1) is 19.8 Å². The van der Waals surface area contributed by atoms with E-state index in [0.29, 0.717) is 12.5 Å². The highest BCUT2D eigenvalue weighted by Crippen LogP contribution is 2.42. The van der Waals surface area contributed by atoms with Crippen LogP contribution < -0.4 is 9.80 Å². The maximum absolute atomic E-state index is 5.80. The second-order valence-corrected chi connectivity index (χ2v) is 12.6. The van der Waals surface area contributed by atoms with Crippen LogP contribution in [0.25, 0.3) is 21.9 Å². The van der Waals surface area contributed by atoms with Gasteiger partial charge in [-0.05, 0) is 114 Å². The number of hydrogen-bond acceptors (Lipinski definition) is 3. The molecule has 0 saturated carbocycles. The number of ether oxygens (including phenoxy) is 1. The zero-order valence-electron chi connectivity index (χ0n) is 27.4. The smallest absolute Gasteiger partial charge is 0.128 e. The quantitative estimate of drug-likeness (QED) is 0.180. The van der Waals surface area contributed by atoms with Crippen LogP contribution in [0.4, 0.5) is 22.7 Å². The third kappa shape index (κ3) is 5.48. The molecule has 234 valence electrons. The average Bonchev–Trinajstić information content (AvgIpc) is 3.13. The van der Waals surface area contributed by atoms with Crippen molar-refractivity contribution in [1.29, 1.82) is 0 Å². The Labute approximate surface area is 283 Å². The van der Waals surface area contributed by atoms with E-state index in [9.17, 15) is 0 Å². The van der Waals surface area contributed by atoms with Gasteiger partial charge in [-0.25, -0.2) is 0 Å². The highest BCUT2D eigenvalue weighted by atomic mass is 16.5. The number of rotatable bonds is 7. The third-order valence-corrected chi connectivity index (χ3v) is 9.56. The molecule has 0 amide bonds. The number of nitrogens with zero attached hydrogens (tertiary/aromatic N) is 2. The summed E-state index contributed by atoms with van der Waals surface area (Å²) in [5.74, 6) is 0.393. The summed E-state index contributed by atoms with van der Waals surface area (Å²) in [4.78, 5) is 4.75. The lowest BCUT2D eigenvalue weighted by Crippen LogP contribution is -2.28. The number of fused-ring (bicyclic) bond motifs is 2. The maximum Gasteiger partial charge on any atom is 0.128 e. The van der Waals surface area contributed by atoms with Gasteiger partial charge in [0.05, 0.1) is 17.6 Å². The van der Waals surface area contributed by atoms with E-state index in [1.165, 1.54) is 50.0 Å². The molecule has 0 N–H and O–H groups in total. The molecule has 48 heavy (non-hydrogen) atoms. The van der Waals surface area contributed by atoms with Gasteiger partial charge in [0.1, 0.15) is 6.61 Å². The first kappa shape index (κ1) is 29.6. The summed E-state index contributed by atoms with van der Waals surface area (Å²) < 4.78 is 5.80. The third-order valence-electron chi connectivity index (χ3n) is 9.56. The first-order valence-electron chi connectivity index (χ1n) is 16.7. The maximum atomic E-state index is 5.80. The number of hydrogen-bond donors (Lipinski definition) is 0. The van der Waals surface area contributed by atoms with Crippen molar-refractivity contribution in [1.82, 2.24) is 0 Å². The fourth-order valence-corrected chi connectivity index (χ4v) is 7.26. The van der Waals surface area contributed by atoms with E-state index in [1.807, 2.05) is 6.08 Å². The Balaban J connectivity index is 1.19. The largest absolute Gasteiger partial charge is 0.495 e. The van der Waals surface area contributed by atoms with E-state index in [4.69, 9.17) is 4.74 Å². The van der Waals surface area contributed by atoms with Crippen molar-refractivity contribution in [2.24, 2.45) is 5.92 Å². The molecule has 0 aromatic heterocycles. The Morgan fingerprint density at radius 3 is 2.12 bits per heavy atom. The van der Waals surface area contributed by atoms with Crippen molar-refractivity contribution in [3.05, 3.63) is 192 Å². The number of para-hydroxylation sites is 1. The predicted molar refractivity (Wildman–Crippen MR) is 202 cm³/mol. The van der Waals surface area contributed by atoms with E-state index >= 15 is 0 Å². The van der Waals surface area contributed by atoms with Gasteiger partial charge in [-0.1, -0.05) is 97.1 Å². The van der Waals surface area contributed by atoms with Crippen molar-refractivity contribution in [3.63, 3.8) is 0 Å². The monoisotopic (exact) mass is 622 g/mol. The van der Waals surface area contributed by atoms with Crippen molar-refractivity contribution in [3.8, 4) is 11.1 Å². The van der Waals surface area contributed by atoms with Crippen molar-refractivity contribution < 1.29 is 4.74 Å². The Morgan fingerprint density at radius 1 is 0.646 bits per heavy atom. The Hall–Kier alpha value is -5.80. The van der Waals surface area contributed by atoms with Crippen LogP contribution in [0.5, 0.6) is 0 Å². The minimum Gasteiger partial charge on any atom is -0.495 e. The van der Waals surface area contributed by atoms with Crippen molar-refractivity contribution in [2.45, 2.75) is 20.3 Å². The molecule has 1 heterocycles. The molecule has 3 heteroatoms. The van der Waals surface area contributed by atoms with Gasteiger partial charge in [0.15, 0.2) is 0 Å². The molecule has 1 unspecified atom stereocenters. The zero-order chi connectivity index (χ0) is 32.5. The summed E-state index contributed by atoms with van der Waals surface area (Å²) in [6.45, 7) is 4.98. The molecule has 3 aliphatic rings. The highest BCUT2D eigenvalue weighted by molar-refractivity contribution is 5.99. The van der Waals surface area contributed by atoms with Crippen LogP contribution in [0.15, 0.2) is 181 Å². The van der Waals surface area contributed by atoms with Gasteiger partial charge in [0, 0.05) is 34.1 Å². The van der Waals surface area contributed by atoms with Crippen LogP contribution in [-0.4, -0.2) is 6.61 Å². The van der Waals surface area contributed by atoms with Crippen LogP contribution >= 0.6 is 0 Å². The van der Waals surface area contributed by atoms with E-state index < -0.39 is 0 Å². The summed E-state index contributed by atoms with van der Waals surface area (Å²) in [7, 11) is 0. The SMILES string of the molecule is Cc1cc(N(C2=CC=COC2)C2=C3C=CC=CC3CC=C2)ccc1-c1ccc(N(c2ccccc2)c2cccc3ccccc23)cc1C. The summed E-state index contributed by atoms with van der Waals surface area (Å²) in [5, 5.41) is 2.46. The molecule has 5 aromatic rings. The molecule has 0 fully saturated rings. The van der Waals surface area contributed by atoms with Gasteiger partial charge in [-0.2, -0.15) is 0 Å². The first-order chi connectivity index (χ1) is 23.7. The highest BCUT2D eigenvalue weighted by Gasteiger charge is 2.26. The van der Waals surface area contributed by atoms with Gasteiger partial charge >= 0.3 is 0 Å². The molecule has 5 aromatic carbocycles. The minimum atomic E-state index is 0.393. The molecule has 8 rings (SSSR count). The van der Waals surface area contributed by atoms with Gasteiger partial charge in [-0.15, -0.1) is 0 Å². The summed E-state index contributed by atoms with van der Waals surface area (Å²) in [6.07, 6.45) is 20.4. The van der Waals surface area contributed by atoms with Gasteiger partial charge in [-0.3, -0.25) is 0 Å². The fraction of sp³-hybridized carbons (Fsp3) is 0.111. The molecule has 1 aliphatic heterocycles. The van der Waals surface area contributed by atoms with Crippen LogP contribution in [-0.2, 0) is 4.74 Å². The molecule has 1 atom stereocenters. The fourth-order valence-electron chi connectivity index (χ4n) is 7.26. The van der Waals surface area contributed by atoms with Crippen molar-refractivity contribution >= 4 is 33.5 Å². The number of anilines is 4. The Bertz CT molecular complexity index is 2190. The lowest BCUT2D eigenvalue weighted by atomic mass is 9.86. The molecule has 0 radical (unpaired) electrons. The number of aryl methyl sites for hydroxylation is 2. The zero-order valence-corrected chi connectivity index (χ0v) is 27.4. The standard InChI is InChI=1S/C45H38N2O/c1-32-29-37(46(36-17-4-3-5-18-36)44-22-10-15-34-13-6-8-20-42(34)44)24-26-40(32)41-27-25-38(30-33(41)2)47(39-19-12-28-48-31-39)45-23-11-16-35-14-7-9-21-43(35)45/h3-15,17-30,35H,16,31H2,1-2H3. The van der Waals surface area contributed by atoms with Crippen LogP contribution in [0.2, 0.25) is 0 Å². The Kier molecular flexibility index (Phi) is 7.87. The summed E-state index contributed by atoms with van der Waals surface area (Å²) >= 11 is 0. The topological polar surface area (TPSA) is 15.7 Å². The molecular weight excluding hydrogens is 585 g/mol. The van der Waals surface area contributed by atoms with E-state index in [0.717, 1.165) is 29.2 Å². The summed E-state index contributed by atoms with van der Waals surface area (Å²) in [5.41, 5.74) is 13.2. The molecule has 0 saturated heterocycles. The lowest BCUT2D eigenvalue weighted by molar-refractivity contribution is 0.274. The van der Waals surface area contributed by atoms with Gasteiger partial charge in [0.25, 0.3) is 0 Å². The van der Waals surface area contributed by atoms with Crippen LogP contribution in [0.3, 0.4) is 0 Å². The van der Waals surface area contributed by atoms with Gasteiger partial charge in [0.2, 0.25) is 0 Å². The Morgan fingerprint density at radius 2 is 1.38 bits per heavy atom. The van der Waals surface area contributed by atoms with Crippen molar-refractivity contribution in [2.75, 3.05) is 16.4 Å². The van der Waals surface area contributed by atoms with E-state index in [1.54, 1.807) is 6.26 Å². The second-order valence-electron chi connectivity index (χ2n) is 12.6. The minimum absolute atomic E-state index is 0.393. The number of allylic oxidation sites excluding steroid dienone is 9. The number of benzene rings is 5. The molecule has 0 spiro atoms. The summed E-state index contributed by atoms with van der Waals surface area (Å²) in [6, 6.07) is 39.5. The predicted octanol–water partition coefficient (Wildman–Crippen LogP) is 11.8. The molecular formula is C45H38N2O. The molecule has 2 aliphatic carbocycles. The second kappa shape index (κ2) is 12.8. The van der Waals surface area contributed by atoms with E-state index in [2.05, 4.69) is 175 Å². The van der Waals surface area contributed by atoms with Gasteiger partial charge < -0.3 is 14.5 Å². The average molecular weight is 623 g/mol. The molecule has 3 nitrogen and oxygen atoms in total. The van der Waals surface area contributed by atoms with Crippen LogP contribution in [0.1, 0.15) is 17.5 Å². The lowest BCUT2D eigenvalue weighted by Gasteiger charge is -2.34. The normalized spacial score (nSPS) is 16.5. The molecule has 0 bridgehead atoms. The first-order valence-corrected chi connectivity index (χ1v) is 16.7.